The Morgan fingerprint density at radius 2 is 2.55 bits per heavy atom. The van der Waals surface area contributed by atoms with Crippen LogP contribution in [-0.2, 0) is 17.8 Å². The summed E-state index contributed by atoms with van der Waals surface area (Å²) >= 11 is 0. The number of carbonyl (C=O) groups excluding carboxylic acids is 1. The number of nitrogens with zero attached hydrogens (tertiary/aromatic N) is 2. The third kappa shape index (κ3) is 3.08. The molecule has 2 unspecified atom stereocenters. The lowest BCUT2D eigenvalue weighted by molar-refractivity contribution is -0.123. The molecule has 1 aliphatic carbocycles. The first-order valence-electron chi connectivity index (χ1n) is 6.99. The Morgan fingerprint density at radius 3 is 3.25 bits per heavy atom. The topological polar surface area (TPSA) is 93.2 Å². The van der Waals surface area contributed by atoms with Crippen molar-refractivity contribution < 1.29 is 9.90 Å². The molecule has 0 bridgehead atoms. The minimum absolute atomic E-state index is 0.0328. The molecule has 0 aliphatic heterocycles. The summed E-state index contributed by atoms with van der Waals surface area (Å²) < 4.78 is 1.82. The van der Waals surface area contributed by atoms with Gasteiger partial charge in [0.1, 0.15) is 0 Å². The number of aromatic nitrogens is 2. The second-order valence-electron chi connectivity index (χ2n) is 5.08. The van der Waals surface area contributed by atoms with E-state index in [-0.39, 0.29) is 18.6 Å². The predicted octanol–water partition coefficient (Wildman–Crippen LogP) is 0.272. The van der Waals surface area contributed by atoms with Gasteiger partial charge < -0.3 is 16.2 Å². The molecule has 2 atom stereocenters. The van der Waals surface area contributed by atoms with Crippen molar-refractivity contribution in [3.63, 3.8) is 0 Å². The minimum Gasteiger partial charge on any atom is -0.394 e. The molecule has 1 aromatic rings. The highest BCUT2D eigenvalue weighted by Crippen LogP contribution is 2.29. The van der Waals surface area contributed by atoms with Gasteiger partial charge in [-0.15, -0.1) is 6.58 Å². The summed E-state index contributed by atoms with van der Waals surface area (Å²) in [5, 5.41) is 16.3. The van der Waals surface area contributed by atoms with Crippen molar-refractivity contribution in [3.05, 3.63) is 30.1 Å². The Morgan fingerprint density at radius 1 is 1.75 bits per heavy atom. The van der Waals surface area contributed by atoms with Gasteiger partial charge in [0.05, 0.1) is 31.4 Å². The largest absolute Gasteiger partial charge is 0.394 e. The Bertz CT molecular complexity index is 484. The van der Waals surface area contributed by atoms with Crippen LogP contribution < -0.4 is 11.1 Å². The van der Waals surface area contributed by atoms with Crippen LogP contribution in [0.25, 0.3) is 0 Å². The van der Waals surface area contributed by atoms with E-state index >= 15 is 0 Å². The van der Waals surface area contributed by atoms with E-state index < -0.39 is 6.04 Å². The van der Waals surface area contributed by atoms with Crippen LogP contribution in [0, 0.1) is 0 Å². The highest BCUT2D eigenvalue weighted by atomic mass is 16.3. The molecule has 1 aromatic heterocycles. The van der Waals surface area contributed by atoms with Crippen LogP contribution in [0.2, 0.25) is 0 Å². The molecular formula is C14H22N4O2. The number of hydrogen-bond donors (Lipinski definition) is 3. The molecule has 0 radical (unpaired) electrons. The fraction of sp³-hybridized carbons (Fsp3) is 0.571. The van der Waals surface area contributed by atoms with Crippen LogP contribution >= 0.6 is 0 Å². The molecule has 0 aromatic carbocycles. The van der Waals surface area contributed by atoms with Crippen molar-refractivity contribution in [2.75, 3.05) is 6.61 Å². The summed E-state index contributed by atoms with van der Waals surface area (Å²) in [5.74, 6) is -0.155. The zero-order chi connectivity index (χ0) is 14.5. The molecular weight excluding hydrogens is 256 g/mol. The average molecular weight is 278 g/mol. The second kappa shape index (κ2) is 6.67. The number of nitrogens with two attached hydrogens (primary N) is 1. The van der Waals surface area contributed by atoms with Crippen molar-refractivity contribution in [2.45, 2.75) is 44.3 Å². The van der Waals surface area contributed by atoms with E-state index in [1.54, 1.807) is 12.3 Å². The maximum absolute atomic E-state index is 12.0. The smallest absolute Gasteiger partial charge is 0.237 e. The maximum Gasteiger partial charge on any atom is 0.237 e. The molecule has 110 valence electrons. The third-order valence-electron chi connectivity index (χ3n) is 3.65. The van der Waals surface area contributed by atoms with Gasteiger partial charge in [-0.05, 0) is 25.7 Å². The van der Waals surface area contributed by atoms with Crippen LogP contribution in [0.4, 0.5) is 0 Å². The summed E-state index contributed by atoms with van der Waals surface area (Å²) in [4.78, 5) is 12.0. The van der Waals surface area contributed by atoms with Crippen molar-refractivity contribution in [3.8, 4) is 0 Å². The number of carbonyl (C=O) groups is 1. The Hall–Kier alpha value is -1.66. The van der Waals surface area contributed by atoms with Crippen molar-refractivity contribution in [1.82, 2.24) is 15.1 Å². The summed E-state index contributed by atoms with van der Waals surface area (Å²) in [7, 11) is 0. The third-order valence-corrected chi connectivity index (χ3v) is 3.65. The Labute approximate surface area is 118 Å². The molecule has 0 fully saturated rings. The monoisotopic (exact) mass is 278 g/mol. The molecule has 6 nitrogen and oxygen atoms in total. The number of rotatable bonds is 6. The van der Waals surface area contributed by atoms with Gasteiger partial charge in [0.15, 0.2) is 0 Å². The lowest BCUT2D eigenvalue weighted by atomic mass is 9.92. The summed E-state index contributed by atoms with van der Waals surface area (Å²) in [5.41, 5.74) is 7.93. The highest BCUT2D eigenvalue weighted by molar-refractivity contribution is 5.82. The molecule has 0 saturated carbocycles. The average Bonchev–Trinajstić information content (AvgIpc) is 2.84. The summed E-state index contributed by atoms with van der Waals surface area (Å²) in [6.07, 6.45) is 6.72. The van der Waals surface area contributed by atoms with Crippen molar-refractivity contribution in [2.24, 2.45) is 5.73 Å². The minimum atomic E-state index is -0.551. The molecule has 1 aliphatic rings. The molecule has 1 heterocycles. The fourth-order valence-corrected chi connectivity index (χ4v) is 2.62. The summed E-state index contributed by atoms with van der Waals surface area (Å²) in [6, 6.07) is -0.583. The van der Waals surface area contributed by atoms with Gasteiger partial charge >= 0.3 is 0 Å². The number of nitrogens with one attached hydrogen (secondary N) is 1. The number of aliphatic hydroxyl groups excluding tert-OH is 1. The van der Waals surface area contributed by atoms with E-state index in [4.69, 9.17) is 10.8 Å². The van der Waals surface area contributed by atoms with E-state index in [2.05, 4.69) is 17.0 Å². The molecule has 0 saturated heterocycles. The maximum atomic E-state index is 12.0. The number of hydrogen-bond acceptors (Lipinski definition) is 4. The van der Waals surface area contributed by atoms with Crippen molar-refractivity contribution in [1.29, 1.82) is 0 Å². The zero-order valence-electron chi connectivity index (χ0n) is 11.6. The van der Waals surface area contributed by atoms with Crippen LogP contribution in [-0.4, -0.2) is 33.4 Å². The van der Waals surface area contributed by atoms with Gasteiger partial charge in [0, 0.05) is 11.3 Å². The normalized spacial score (nSPS) is 19.2. The predicted molar refractivity (Wildman–Crippen MR) is 75.9 cm³/mol. The molecule has 4 N–H and O–H groups in total. The van der Waals surface area contributed by atoms with Gasteiger partial charge in [-0.25, -0.2) is 0 Å². The molecule has 20 heavy (non-hydrogen) atoms. The van der Waals surface area contributed by atoms with Gasteiger partial charge in [-0.3, -0.25) is 9.48 Å². The first-order valence-corrected chi connectivity index (χ1v) is 6.99. The van der Waals surface area contributed by atoms with Gasteiger partial charge in [0.25, 0.3) is 0 Å². The number of fused-ring (bicyclic) bond motifs is 1. The fourth-order valence-electron chi connectivity index (χ4n) is 2.62. The molecule has 6 heteroatoms. The highest BCUT2D eigenvalue weighted by Gasteiger charge is 2.26. The molecule has 0 spiro atoms. The van der Waals surface area contributed by atoms with E-state index in [1.807, 2.05) is 4.68 Å². The quantitative estimate of drug-likeness (QED) is 0.651. The lowest BCUT2D eigenvalue weighted by Gasteiger charge is -2.25. The SMILES string of the molecule is C=CCC(N)C(=O)NC1CCCc2c1cnn2CCO. The Kier molecular flexibility index (Phi) is 4.92. The van der Waals surface area contributed by atoms with Gasteiger partial charge in [0.2, 0.25) is 5.91 Å². The van der Waals surface area contributed by atoms with Crippen LogP contribution in [0.15, 0.2) is 18.9 Å². The standard InChI is InChI=1S/C14H22N4O2/c1-2-4-11(15)14(20)17-12-5-3-6-13-10(12)9-16-18(13)7-8-19/h2,9,11-12,19H,1,3-8,15H2,(H,17,20). The van der Waals surface area contributed by atoms with Gasteiger partial charge in [-0.2, -0.15) is 5.10 Å². The van der Waals surface area contributed by atoms with E-state index in [1.165, 1.54) is 0 Å². The summed E-state index contributed by atoms with van der Waals surface area (Å²) in [6.45, 7) is 4.15. The van der Waals surface area contributed by atoms with E-state index in [0.717, 1.165) is 30.5 Å². The first kappa shape index (κ1) is 14.7. The molecule has 1 amide bonds. The van der Waals surface area contributed by atoms with Crippen LogP contribution in [0.1, 0.15) is 36.6 Å². The second-order valence-corrected chi connectivity index (χ2v) is 5.08. The zero-order valence-corrected chi connectivity index (χ0v) is 11.6. The molecule has 2 rings (SSSR count). The van der Waals surface area contributed by atoms with Crippen LogP contribution in [0.3, 0.4) is 0 Å². The van der Waals surface area contributed by atoms with Gasteiger partial charge in [-0.1, -0.05) is 6.08 Å². The van der Waals surface area contributed by atoms with E-state index in [9.17, 15) is 4.79 Å². The van der Waals surface area contributed by atoms with Crippen LogP contribution in [0.5, 0.6) is 0 Å². The van der Waals surface area contributed by atoms with E-state index in [0.29, 0.717) is 13.0 Å². The number of aliphatic hydroxyl groups is 1. The number of amides is 1. The first-order chi connectivity index (χ1) is 9.67. The Balaban J connectivity index is 2.09. The van der Waals surface area contributed by atoms with Crippen molar-refractivity contribution >= 4 is 5.91 Å². The lowest BCUT2D eigenvalue weighted by Crippen LogP contribution is -2.42.